The van der Waals surface area contributed by atoms with Crippen molar-refractivity contribution < 1.29 is 129 Å². The Kier molecular flexibility index (Phi) is 33.7. The Bertz CT molecular complexity index is 5280. The van der Waals surface area contributed by atoms with Crippen LogP contribution in [0.1, 0.15) is 132 Å². The maximum atomic E-state index is 11.8. The number of fused-ring (bicyclic) bond motifs is 8. The molecule has 592 valence electrons. The normalized spacial score (nSPS) is 12.6. The minimum absolute atomic E-state index is 0. The largest absolute Gasteiger partial charge is 3.00 e. The third kappa shape index (κ3) is 18.8. The second-order valence-electron chi connectivity index (χ2n) is 25.2. The van der Waals surface area contributed by atoms with Crippen LogP contribution in [0, 0.1) is 57.1 Å². The van der Waals surface area contributed by atoms with Crippen LogP contribution in [0.4, 0.5) is 0 Å². The third-order valence-corrected chi connectivity index (χ3v) is 33.3. The summed E-state index contributed by atoms with van der Waals surface area (Å²) in [5.41, 5.74) is 8.58. The summed E-state index contributed by atoms with van der Waals surface area (Å²) in [6, 6.07) is 41.3. The van der Waals surface area contributed by atoms with Crippen molar-refractivity contribution >= 4 is 403 Å². The first-order chi connectivity index (χ1) is 54.9. The van der Waals surface area contributed by atoms with Crippen LogP contribution in [0.25, 0.3) is 0 Å². The van der Waals surface area contributed by atoms with Gasteiger partial charge in [0.2, 0.25) is 0 Å². The first kappa shape index (κ1) is 97.9. The molecule has 118 heavy (non-hydrogen) atoms. The average molecular weight is 3400 g/mol. The second kappa shape index (κ2) is 40.6. The fraction of sp³-hybridized carbons (Fsp3) is 0.0500. The van der Waals surface area contributed by atoms with Gasteiger partial charge in [0.15, 0.2) is 0 Å². The number of carbonyl (C=O) groups is 4. The molecule has 0 saturated carbocycles. The van der Waals surface area contributed by atoms with Gasteiger partial charge in [-0.25, -0.2) is 0 Å². The van der Waals surface area contributed by atoms with E-state index in [0.717, 1.165) is 44.5 Å². The summed E-state index contributed by atoms with van der Waals surface area (Å²) in [6.45, 7) is 0. The van der Waals surface area contributed by atoms with Gasteiger partial charge in [-0.05, 0) is 432 Å². The number of carbonyl (C=O) groups excluding carboxylic acids is 4. The first-order valence-corrected chi connectivity index (χ1v) is 49.7. The summed E-state index contributed by atoms with van der Waals surface area (Å²) in [4.78, 5) is 47.3. The van der Waals surface area contributed by atoms with Crippen LogP contribution in [0.5, 0.6) is 92.0 Å². The maximum absolute atomic E-state index is 11.8. The molecule has 0 aliphatic carbocycles. The number of hydrogen-bond donors (Lipinski definition) is 8. The zero-order valence-corrected chi connectivity index (χ0v) is 95.9. The molecule has 0 aromatic heterocycles. The molecule has 0 unspecified atom stereocenters. The number of phenols is 8. The standard InChI is InChI=1S/4C20H10I4O5.Al.Na/c4*21-11-5-9-13(7-3-1-2-4-8(7)20(27)28)10-6-12(22)17(26)15(24)19(10)29-18(9)14(23)16(11)25;;/h4*1-6,13,25-26H,(H,27,28);;/q;;;;+3;+1/p-4. The van der Waals surface area contributed by atoms with Crippen LogP contribution in [0.3, 0.4) is 0 Å². The molecule has 0 atom stereocenters. The van der Waals surface area contributed by atoms with Gasteiger partial charge < -0.3 is 99.4 Å². The molecule has 0 amide bonds. The summed E-state index contributed by atoms with van der Waals surface area (Å²) < 4.78 is 33.9. The van der Waals surface area contributed by atoms with Gasteiger partial charge in [0, 0.05) is 90.4 Å². The summed E-state index contributed by atoms with van der Waals surface area (Å²) >= 11 is 32.5. The molecule has 0 bridgehead atoms. The van der Waals surface area contributed by atoms with E-state index in [1.165, 1.54) is 24.3 Å². The Balaban J connectivity index is 0.000000153. The zero-order valence-electron chi connectivity index (χ0n) is 58.3. The number of hydrogen-bond acceptors (Lipinski definition) is 20. The van der Waals surface area contributed by atoms with Crippen molar-refractivity contribution in [3.05, 3.63) is 292 Å². The Morgan fingerprint density at radius 3 is 0.466 bits per heavy atom. The Morgan fingerprint density at radius 1 is 0.229 bits per heavy atom. The number of carboxylic acids is 4. The van der Waals surface area contributed by atoms with Crippen molar-refractivity contribution in [2.75, 3.05) is 0 Å². The Hall–Kier alpha value is -0.668. The van der Waals surface area contributed by atoms with Crippen LogP contribution in [0.2, 0.25) is 0 Å². The van der Waals surface area contributed by atoms with Crippen LogP contribution in [-0.4, -0.2) is 82.1 Å². The molecule has 12 aromatic rings. The van der Waals surface area contributed by atoms with Crippen molar-refractivity contribution in [1.29, 1.82) is 0 Å². The molecule has 4 heterocycles. The van der Waals surface area contributed by atoms with Crippen LogP contribution in [0.15, 0.2) is 146 Å². The molecule has 8 N–H and O–H groups in total. The van der Waals surface area contributed by atoms with Gasteiger partial charge in [0.1, 0.15) is 92.0 Å². The average Bonchev–Trinajstić information content (AvgIpc) is 0.746. The number of rotatable bonds is 8. The quantitative estimate of drug-likeness (QED) is 0.0517. The van der Waals surface area contributed by atoms with Gasteiger partial charge in [-0.15, -0.1) is 0 Å². The van der Waals surface area contributed by atoms with Crippen LogP contribution >= 0.6 is 361 Å². The number of halogens is 16. The molecule has 4 aliphatic rings. The minimum atomic E-state index is -1.26. The van der Waals surface area contributed by atoms with E-state index >= 15 is 0 Å². The molecule has 38 heteroatoms. The van der Waals surface area contributed by atoms with Gasteiger partial charge >= 0.3 is 46.9 Å². The molecule has 4 aliphatic heterocycles. The fourth-order valence-corrected chi connectivity index (χ4v) is 28.2. The predicted octanol–water partition coefficient (Wildman–Crippen LogP) is 17.3. The van der Waals surface area contributed by atoms with E-state index in [9.17, 15) is 80.5 Å². The van der Waals surface area contributed by atoms with Crippen molar-refractivity contribution in [3.63, 3.8) is 0 Å². The molecule has 20 nitrogen and oxygen atoms in total. The number of ether oxygens (including phenoxy) is 4. The number of aromatic carboxylic acids is 4. The van der Waals surface area contributed by atoms with Crippen molar-refractivity contribution in [1.82, 2.24) is 0 Å². The summed E-state index contributed by atoms with van der Waals surface area (Å²) in [6.07, 6.45) is 0. The molecule has 12 aromatic carbocycles. The van der Waals surface area contributed by atoms with E-state index in [1.54, 1.807) is 121 Å². The van der Waals surface area contributed by atoms with E-state index < -0.39 is 47.5 Å². The fourth-order valence-electron chi connectivity index (χ4n) is 13.6. The summed E-state index contributed by atoms with van der Waals surface area (Å²) in [7, 11) is 0. The van der Waals surface area contributed by atoms with Crippen LogP contribution < -0.4 is 68.9 Å². The third-order valence-electron chi connectivity index (χ3n) is 18.7. The number of aromatic hydroxyl groups is 8. The molecule has 0 radical (unpaired) electrons. The zero-order chi connectivity index (χ0) is 84.1. The maximum Gasteiger partial charge on any atom is 3.00 e. The van der Waals surface area contributed by atoms with Gasteiger partial charge in [-0.1, -0.05) is 97.1 Å². The molecule has 0 saturated heterocycles. The van der Waals surface area contributed by atoms with E-state index in [-0.39, 0.29) is 115 Å². The molecular formula is C80H36AlI16NaO20. The number of benzene rings is 12. The smallest absolute Gasteiger partial charge is 0.545 e. The van der Waals surface area contributed by atoms with Crippen molar-refractivity contribution in [2.24, 2.45) is 0 Å². The summed E-state index contributed by atoms with van der Waals surface area (Å²) in [5.74, 6) is -2.48. The monoisotopic (exact) mass is 3400 g/mol. The van der Waals surface area contributed by atoms with Crippen molar-refractivity contribution in [3.8, 4) is 92.0 Å². The predicted molar refractivity (Wildman–Crippen MR) is 561 cm³/mol. The Morgan fingerprint density at radius 2 is 0.347 bits per heavy atom. The van der Waals surface area contributed by atoms with Gasteiger partial charge in [-0.3, -0.25) is 0 Å². The molecule has 0 spiro atoms. The van der Waals surface area contributed by atoms with Crippen molar-refractivity contribution in [2.45, 2.75) is 23.7 Å². The number of phenolic OH excluding ortho intramolecular Hbond substituents is 8. The van der Waals surface area contributed by atoms with Gasteiger partial charge in [0.25, 0.3) is 0 Å². The van der Waals surface area contributed by atoms with E-state index in [2.05, 4.69) is 0 Å². The van der Waals surface area contributed by atoms with E-state index in [0.29, 0.717) is 125 Å². The van der Waals surface area contributed by atoms with E-state index in [1.807, 2.05) is 361 Å². The topological polar surface area (TPSA) is 359 Å². The first-order valence-electron chi connectivity index (χ1n) is 32.5. The van der Waals surface area contributed by atoms with Crippen LogP contribution in [-0.2, 0) is 0 Å². The summed E-state index contributed by atoms with van der Waals surface area (Å²) in [5, 5.41) is 131. The Labute approximate surface area is 921 Å². The van der Waals surface area contributed by atoms with Gasteiger partial charge in [-0.2, -0.15) is 0 Å². The van der Waals surface area contributed by atoms with E-state index in [4.69, 9.17) is 18.9 Å². The molecule has 16 rings (SSSR count). The minimum Gasteiger partial charge on any atom is -0.545 e. The second-order valence-corrected chi connectivity index (χ2v) is 43.1. The molecule has 0 fully saturated rings. The van der Waals surface area contributed by atoms with Gasteiger partial charge in [0.05, 0.1) is 81.0 Å². The SMILES string of the molecule is O=C([O-])c1ccccc1C1c2cc(I)c(O)c(I)c2Oc2c1cc(I)c(O)c2I.O=C([O-])c1ccccc1C1c2cc(I)c(O)c(I)c2Oc2c1cc(I)c(O)c2I.O=C([O-])c1ccccc1C1c2cc(I)c(O)c(I)c2Oc2c1cc(I)c(O)c2I.O=C([O-])c1ccccc1C1c2cc(I)c(O)c(I)c2Oc2c1cc(I)c(O)c2I.[Al+3].[Na+]. The number of carboxylic acid groups (broad SMARTS) is 4. The molecular weight excluding hydrogens is 3360 g/mol.